The smallest absolute Gasteiger partial charge is 0.303 e. The fraction of sp³-hybridized carbons (Fsp3) is 0.231. The van der Waals surface area contributed by atoms with E-state index in [1.807, 2.05) is 0 Å². The van der Waals surface area contributed by atoms with E-state index in [9.17, 15) is 19.5 Å². The van der Waals surface area contributed by atoms with Crippen LogP contribution in [0.15, 0.2) is 23.4 Å². The zero-order chi connectivity index (χ0) is 15.4. The SMILES string of the molecule is O=C(O)CCCN1C(=O)S/C(=C\c2ccncc2O)C1=O. The number of pyridine rings is 1. The van der Waals surface area contributed by atoms with E-state index in [0.29, 0.717) is 5.56 Å². The van der Waals surface area contributed by atoms with Crippen molar-refractivity contribution >= 4 is 35.0 Å². The summed E-state index contributed by atoms with van der Waals surface area (Å²) in [4.78, 5) is 39.2. The first-order valence-electron chi connectivity index (χ1n) is 6.09. The van der Waals surface area contributed by atoms with Gasteiger partial charge in [-0.2, -0.15) is 0 Å². The number of aromatic hydroxyl groups is 1. The van der Waals surface area contributed by atoms with Crippen LogP contribution in [0.2, 0.25) is 0 Å². The highest BCUT2D eigenvalue weighted by Gasteiger charge is 2.34. The topological polar surface area (TPSA) is 108 Å². The molecule has 21 heavy (non-hydrogen) atoms. The molecule has 0 saturated carbocycles. The lowest BCUT2D eigenvalue weighted by molar-refractivity contribution is -0.137. The van der Waals surface area contributed by atoms with Gasteiger partial charge < -0.3 is 10.2 Å². The number of carbonyl (C=O) groups excluding carboxylic acids is 2. The predicted molar refractivity (Wildman–Crippen MR) is 75.4 cm³/mol. The fourth-order valence-corrected chi connectivity index (χ4v) is 2.60. The van der Waals surface area contributed by atoms with Gasteiger partial charge in [-0.15, -0.1) is 0 Å². The van der Waals surface area contributed by atoms with Gasteiger partial charge in [-0.05, 0) is 30.3 Å². The third kappa shape index (κ3) is 3.60. The van der Waals surface area contributed by atoms with Crippen LogP contribution >= 0.6 is 11.8 Å². The van der Waals surface area contributed by atoms with Gasteiger partial charge in [-0.1, -0.05) is 0 Å². The molecule has 0 bridgehead atoms. The molecule has 1 aliphatic rings. The molecule has 2 heterocycles. The normalized spacial score (nSPS) is 16.8. The summed E-state index contributed by atoms with van der Waals surface area (Å²) in [7, 11) is 0. The van der Waals surface area contributed by atoms with E-state index in [0.717, 1.165) is 16.7 Å². The highest BCUT2D eigenvalue weighted by Crippen LogP contribution is 2.33. The number of imide groups is 1. The number of aliphatic carboxylic acids is 1. The van der Waals surface area contributed by atoms with Crippen molar-refractivity contribution in [1.29, 1.82) is 0 Å². The molecule has 0 unspecified atom stereocenters. The number of nitrogens with zero attached hydrogens (tertiary/aromatic N) is 2. The van der Waals surface area contributed by atoms with E-state index in [4.69, 9.17) is 5.11 Å². The first-order chi connectivity index (χ1) is 9.99. The Morgan fingerprint density at radius 2 is 2.19 bits per heavy atom. The van der Waals surface area contributed by atoms with E-state index >= 15 is 0 Å². The molecule has 0 radical (unpaired) electrons. The summed E-state index contributed by atoms with van der Waals surface area (Å²) >= 11 is 0.764. The van der Waals surface area contributed by atoms with Crippen LogP contribution in [-0.4, -0.2) is 43.8 Å². The Balaban J connectivity index is 2.11. The first kappa shape index (κ1) is 15.0. The predicted octanol–water partition coefficient (Wildman–Crippen LogP) is 1.69. The van der Waals surface area contributed by atoms with E-state index in [1.165, 1.54) is 24.5 Å². The lowest BCUT2D eigenvalue weighted by Crippen LogP contribution is -2.29. The second-order valence-corrected chi connectivity index (χ2v) is 5.26. The number of aromatic nitrogens is 1. The van der Waals surface area contributed by atoms with Crippen LogP contribution in [0.4, 0.5) is 4.79 Å². The van der Waals surface area contributed by atoms with Crippen molar-refractivity contribution in [3.05, 3.63) is 28.9 Å². The monoisotopic (exact) mass is 308 g/mol. The van der Waals surface area contributed by atoms with Gasteiger partial charge in [0.25, 0.3) is 11.1 Å². The van der Waals surface area contributed by atoms with Gasteiger partial charge >= 0.3 is 5.97 Å². The van der Waals surface area contributed by atoms with Crippen LogP contribution < -0.4 is 0 Å². The highest BCUT2D eigenvalue weighted by atomic mass is 32.2. The Kier molecular flexibility index (Phi) is 4.59. The lowest BCUT2D eigenvalue weighted by Gasteiger charge is -2.10. The van der Waals surface area contributed by atoms with Gasteiger partial charge in [0, 0.05) is 24.7 Å². The molecule has 2 N–H and O–H groups in total. The average Bonchev–Trinajstić information content (AvgIpc) is 2.68. The van der Waals surface area contributed by atoms with Crippen LogP contribution in [0, 0.1) is 0 Å². The van der Waals surface area contributed by atoms with E-state index in [-0.39, 0.29) is 30.0 Å². The van der Waals surface area contributed by atoms with Gasteiger partial charge in [0.2, 0.25) is 0 Å². The quantitative estimate of drug-likeness (QED) is 0.797. The third-order valence-corrected chi connectivity index (χ3v) is 3.67. The maximum atomic E-state index is 12.1. The molecule has 1 aliphatic heterocycles. The summed E-state index contributed by atoms with van der Waals surface area (Å²) in [5.41, 5.74) is 0.390. The molecular formula is C13H12N2O5S. The summed E-state index contributed by atoms with van der Waals surface area (Å²) < 4.78 is 0. The van der Waals surface area contributed by atoms with Crippen molar-refractivity contribution in [3.8, 4) is 5.75 Å². The molecule has 0 spiro atoms. The number of carboxylic acid groups (broad SMARTS) is 1. The van der Waals surface area contributed by atoms with Crippen molar-refractivity contribution in [1.82, 2.24) is 9.88 Å². The molecule has 0 aromatic carbocycles. The molecule has 1 aromatic heterocycles. The Labute approximate surface area is 124 Å². The summed E-state index contributed by atoms with van der Waals surface area (Å²) in [6.45, 7) is 0.0661. The minimum Gasteiger partial charge on any atom is -0.506 e. The minimum atomic E-state index is -0.973. The molecule has 2 amide bonds. The second-order valence-electron chi connectivity index (χ2n) is 4.27. The first-order valence-corrected chi connectivity index (χ1v) is 6.91. The third-order valence-electron chi connectivity index (χ3n) is 2.77. The van der Waals surface area contributed by atoms with Gasteiger partial charge in [0.05, 0.1) is 11.1 Å². The Bertz CT molecular complexity index is 629. The Morgan fingerprint density at radius 3 is 2.86 bits per heavy atom. The van der Waals surface area contributed by atoms with Gasteiger partial charge in [-0.25, -0.2) is 0 Å². The van der Waals surface area contributed by atoms with Crippen molar-refractivity contribution in [2.45, 2.75) is 12.8 Å². The molecule has 1 fully saturated rings. The van der Waals surface area contributed by atoms with Gasteiger partial charge in [-0.3, -0.25) is 24.3 Å². The number of amides is 2. The number of hydrogen-bond donors (Lipinski definition) is 2. The van der Waals surface area contributed by atoms with E-state index in [1.54, 1.807) is 0 Å². The summed E-state index contributed by atoms with van der Waals surface area (Å²) in [5.74, 6) is -1.54. The summed E-state index contributed by atoms with van der Waals surface area (Å²) in [5, 5.41) is 17.7. The van der Waals surface area contributed by atoms with Crippen LogP contribution in [0.3, 0.4) is 0 Å². The number of carbonyl (C=O) groups is 3. The van der Waals surface area contributed by atoms with E-state index in [2.05, 4.69) is 4.98 Å². The van der Waals surface area contributed by atoms with Crippen LogP contribution in [0.5, 0.6) is 5.75 Å². The molecule has 0 atom stereocenters. The largest absolute Gasteiger partial charge is 0.506 e. The van der Waals surface area contributed by atoms with Crippen LogP contribution in [0.25, 0.3) is 6.08 Å². The van der Waals surface area contributed by atoms with Gasteiger partial charge in [0.1, 0.15) is 5.75 Å². The molecular weight excluding hydrogens is 296 g/mol. The van der Waals surface area contributed by atoms with E-state index < -0.39 is 17.1 Å². The molecule has 1 saturated heterocycles. The molecule has 2 rings (SSSR count). The second kappa shape index (κ2) is 6.40. The zero-order valence-corrected chi connectivity index (χ0v) is 11.7. The van der Waals surface area contributed by atoms with Crippen molar-refractivity contribution in [2.24, 2.45) is 0 Å². The van der Waals surface area contributed by atoms with Crippen molar-refractivity contribution < 1.29 is 24.6 Å². The maximum absolute atomic E-state index is 12.1. The molecule has 1 aromatic rings. The Hall–Kier alpha value is -2.35. The number of thioether (sulfide) groups is 1. The van der Waals surface area contributed by atoms with Crippen molar-refractivity contribution in [2.75, 3.05) is 6.54 Å². The summed E-state index contributed by atoms with van der Waals surface area (Å²) in [6, 6.07) is 1.52. The number of carboxylic acids is 1. The van der Waals surface area contributed by atoms with Gasteiger partial charge in [0.15, 0.2) is 0 Å². The molecule has 110 valence electrons. The zero-order valence-electron chi connectivity index (χ0n) is 10.9. The highest BCUT2D eigenvalue weighted by molar-refractivity contribution is 8.18. The van der Waals surface area contributed by atoms with Crippen molar-refractivity contribution in [3.63, 3.8) is 0 Å². The molecule has 7 nitrogen and oxygen atoms in total. The maximum Gasteiger partial charge on any atom is 0.303 e. The number of hydrogen-bond acceptors (Lipinski definition) is 6. The fourth-order valence-electron chi connectivity index (χ4n) is 1.74. The summed E-state index contributed by atoms with van der Waals surface area (Å²) in [6.07, 6.45) is 4.22. The Morgan fingerprint density at radius 1 is 1.43 bits per heavy atom. The average molecular weight is 308 g/mol. The van der Waals surface area contributed by atoms with Crippen LogP contribution in [0.1, 0.15) is 18.4 Å². The molecule has 8 heteroatoms. The van der Waals surface area contributed by atoms with Crippen LogP contribution in [-0.2, 0) is 9.59 Å². The lowest BCUT2D eigenvalue weighted by atomic mass is 10.2. The standard InChI is InChI=1S/C13H12N2O5S/c16-9-7-14-4-3-8(9)6-10-12(19)15(13(20)21-10)5-1-2-11(17)18/h3-4,6-7,16H,1-2,5H2,(H,17,18)/b10-6-. The minimum absolute atomic E-state index is 0.0661. The number of rotatable bonds is 5. The molecule has 0 aliphatic carbocycles.